The number of hydrogen-bond acceptors (Lipinski definition) is 3. The number of amides is 2. The topological polar surface area (TPSA) is 57.6 Å². The molecule has 0 unspecified atom stereocenters. The Kier molecular flexibility index (Phi) is 2.64. The molecule has 1 aromatic carbocycles. The molecule has 0 spiro atoms. The van der Waals surface area contributed by atoms with Crippen LogP contribution in [0.5, 0.6) is 5.75 Å². The predicted octanol–water partition coefficient (Wildman–Crippen LogP) is 1.68. The van der Waals surface area contributed by atoms with E-state index in [1.807, 2.05) is 6.92 Å². The summed E-state index contributed by atoms with van der Waals surface area (Å²) in [5, 5.41) is 9.14. The van der Waals surface area contributed by atoms with Crippen LogP contribution in [0.3, 0.4) is 0 Å². The van der Waals surface area contributed by atoms with Crippen molar-refractivity contribution in [3.05, 3.63) is 24.3 Å². The van der Waals surface area contributed by atoms with E-state index in [2.05, 4.69) is 0 Å². The third kappa shape index (κ3) is 1.91. The van der Waals surface area contributed by atoms with E-state index in [0.717, 1.165) is 0 Å². The van der Waals surface area contributed by atoms with Gasteiger partial charge in [0.25, 0.3) is 0 Å². The Morgan fingerprint density at radius 2 is 1.62 bits per heavy atom. The summed E-state index contributed by atoms with van der Waals surface area (Å²) in [6, 6.07) is 6.07. The second-order valence-electron chi connectivity index (χ2n) is 4.15. The summed E-state index contributed by atoms with van der Waals surface area (Å²) in [5.74, 6) is -0.105. The molecule has 1 N–H and O–H groups in total. The van der Waals surface area contributed by atoms with Crippen LogP contribution in [-0.2, 0) is 9.59 Å². The largest absolute Gasteiger partial charge is 0.508 e. The average Bonchev–Trinajstić information content (AvgIpc) is 2.19. The van der Waals surface area contributed by atoms with Gasteiger partial charge in [-0.05, 0) is 30.2 Å². The van der Waals surface area contributed by atoms with Crippen molar-refractivity contribution in [1.82, 2.24) is 0 Å². The number of nitrogens with zero attached hydrogens (tertiary/aromatic N) is 1. The first kappa shape index (κ1) is 10.7. The van der Waals surface area contributed by atoms with Crippen molar-refractivity contribution >= 4 is 17.5 Å². The number of anilines is 1. The van der Waals surface area contributed by atoms with Crippen LogP contribution in [0.4, 0.5) is 5.69 Å². The van der Waals surface area contributed by atoms with Crippen LogP contribution >= 0.6 is 0 Å². The molecule has 1 aromatic rings. The van der Waals surface area contributed by atoms with Gasteiger partial charge in [-0.2, -0.15) is 0 Å². The van der Waals surface area contributed by atoms with E-state index in [1.165, 1.54) is 17.0 Å². The van der Waals surface area contributed by atoms with Crippen LogP contribution in [0.1, 0.15) is 19.8 Å². The summed E-state index contributed by atoms with van der Waals surface area (Å²) in [7, 11) is 0. The number of hydrogen-bond donors (Lipinski definition) is 1. The first-order valence-electron chi connectivity index (χ1n) is 5.22. The van der Waals surface area contributed by atoms with E-state index in [9.17, 15) is 9.59 Å². The lowest BCUT2D eigenvalue weighted by atomic mass is 9.97. The van der Waals surface area contributed by atoms with Crippen molar-refractivity contribution in [2.45, 2.75) is 19.8 Å². The van der Waals surface area contributed by atoms with Crippen LogP contribution in [0.25, 0.3) is 0 Å². The molecule has 1 fully saturated rings. The zero-order valence-electron chi connectivity index (χ0n) is 9.01. The number of piperidine rings is 1. The molecule has 4 heteroatoms. The highest BCUT2D eigenvalue weighted by molar-refractivity contribution is 6.16. The van der Waals surface area contributed by atoms with Gasteiger partial charge >= 0.3 is 0 Å². The molecule has 1 aliphatic heterocycles. The van der Waals surface area contributed by atoms with Crippen molar-refractivity contribution < 1.29 is 14.7 Å². The zero-order valence-corrected chi connectivity index (χ0v) is 9.01. The fourth-order valence-corrected chi connectivity index (χ4v) is 1.88. The van der Waals surface area contributed by atoms with Crippen molar-refractivity contribution in [2.75, 3.05) is 4.90 Å². The summed E-state index contributed by atoms with van der Waals surface area (Å²) >= 11 is 0. The maximum atomic E-state index is 11.7. The van der Waals surface area contributed by atoms with Crippen molar-refractivity contribution in [1.29, 1.82) is 0 Å². The molecule has 0 bridgehead atoms. The number of phenols is 1. The van der Waals surface area contributed by atoms with Crippen molar-refractivity contribution in [3.8, 4) is 5.75 Å². The Balaban J connectivity index is 2.29. The van der Waals surface area contributed by atoms with Gasteiger partial charge in [0.2, 0.25) is 11.8 Å². The van der Waals surface area contributed by atoms with E-state index in [0.29, 0.717) is 18.5 Å². The van der Waals surface area contributed by atoms with Crippen LogP contribution in [0.15, 0.2) is 24.3 Å². The van der Waals surface area contributed by atoms with Gasteiger partial charge < -0.3 is 5.11 Å². The quantitative estimate of drug-likeness (QED) is 0.731. The lowest BCUT2D eigenvalue weighted by Crippen LogP contribution is -2.42. The molecule has 0 radical (unpaired) electrons. The second-order valence-corrected chi connectivity index (χ2v) is 4.15. The maximum Gasteiger partial charge on any atom is 0.234 e. The van der Waals surface area contributed by atoms with Crippen molar-refractivity contribution in [3.63, 3.8) is 0 Å². The molecule has 0 atom stereocenters. The first-order valence-corrected chi connectivity index (χ1v) is 5.22. The van der Waals surface area contributed by atoms with E-state index >= 15 is 0 Å². The zero-order chi connectivity index (χ0) is 11.7. The summed E-state index contributed by atoms with van der Waals surface area (Å²) < 4.78 is 0. The molecule has 2 rings (SSSR count). The normalized spacial score (nSPS) is 17.9. The Bertz CT molecular complexity index is 406. The van der Waals surface area contributed by atoms with E-state index < -0.39 is 0 Å². The standard InChI is InChI=1S/C12H13NO3/c1-8-6-11(15)13(12(16)7-8)9-2-4-10(14)5-3-9/h2-5,8,14H,6-7H2,1H3. The summed E-state index contributed by atoms with van der Waals surface area (Å²) in [4.78, 5) is 24.7. The van der Waals surface area contributed by atoms with E-state index in [-0.39, 0.29) is 23.5 Å². The summed E-state index contributed by atoms with van der Waals surface area (Å²) in [5.41, 5.74) is 0.528. The molecule has 1 saturated heterocycles. The van der Waals surface area contributed by atoms with Crippen LogP contribution in [0, 0.1) is 5.92 Å². The van der Waals surface area contributed by atoms with Crippen LogP contribution in [-0.4, -0.2) is 16.9 Å². The number of benzene rings is 1. The van der Waals surface area contributed by atoms with Gasteiger partial charge in [-0.15, -0.1) is 0 Å². The Labute approximate surface area is 93.5 Å². The average molecular weight is 219 g/mol. The number of carbonyl (C=O) groups is 2. The lowest BCUT2D eigenvalue weighted by molar-refractivity contribution is -0.130. The van der Waals surface area contributed by atoms with Crippen molar-refractivity contribution in [2.24, 2.45) is 5.92 Å². The number of carbonyl (C=O) groups excluding carboxylic acids is 2. The fraction of sp³-hybridized carbons (Fsp3) is 0.333. The van der Waals surface area contributed by atoms with Gasteiger partial charge in [0, 0.05) is 12.8 Å². The molecule has 1 aliphatic rings. The summed E-state index contributed by atoms with van der Waals surface area (Å²) in [6.07, 6.45) is 0.791. The molecule has 0 aromatic heterocycles. The molecular weight excluding hydrogens is 206 g/mol. The number of aromatic hydroxyl groups is 1. The van der Waals surface area contributed by atoms with Crippen LogP contribution < -0.4 is 4.90 Å². The van der Waals surface area contributed by atoms with E-state index in [1.54, 1.807) is 12.1 Å². The Hall–Kier alpha value is -1.84. The highest BCUT2D eigenvalue weighted by Gasteiger charge is 2.31. The van der Waals surface area contributed by atoms with E-state index in [4.69, 9.17) is 5.11 Å². The first-order chi connectivity index (χ1) is 7.58. The SMILES string of the molecule is CC1CC(=O)N(c2ccc(O)cc2)C(=O)C1. The number of rotatable bonds is 1. The van der Waals surface area contributed by atoms with Crippen LogP contribution in [0.2, 0.25) is 0 Å². The number of imide groups is 1. The number of phenolic OH excluding ortho intramolecular Hbond substituents is 1. The minimum atomic E-state index is -0.172. The molecule has 1 heterocycles. The van der Waals surface area contributed by atoms with Gasteiger partial charge in [-0.25, -0.2) is 0 Å². The smallest absolute Gasteiger partial charge is 0.234 e. The third-order valence-electron chi connectivity index (χ3n) is 2.65. The Morgan fingerprint density at radius 3 is 2.12 bits per heavy atom. The molecule has 16 heavy (non-hydrogen) atoms. The second kappa shape index (κ2) is 3.96. The fourth-order valence-electron chi connectivity index (χ4n) is 1.88. The minimum Gasteiger partial charge on any atom is -0.508 e. The molecule has 84 valence electrons. The highest BCUT2D eigenvalue weighted by Crippen LogP contribution is 2.26. The minimum absolute atomic E-state index is 0.119. The summed E-state index contributed by atoms with van der Waals surface area (Å²) in [6.45, 7) is 1.89. The van der Waals surface area contributed by atoms with Gasteiger partial charge in [0.1, 0.15) is 5.75 Å². The monoisotopic (exact) mass is 219 g/mol. The molecular formula is C12H13NO3. The third-order valence-corrected chi connectivity index (χ3v) is 2.65. The molecule has 4 nitrogen and oxygen atoms in total. The van der Waals surface area contributed by atoms with Gasteiger partial charge in [0.05, 0.1) is 5.69 Å². The maximum absolute atomic E-state index is 11.7. The molecule has 0 saturated carbocycles. The molecule has 2 amide bonds. The molecule has 0 aliphatic carbocycles. The van der Waals surface area contributed by atoms with Gasteiger partial charge in [0.15, 0.2) is 0 Å². The Morgan fingerprint density at radius 1 is 1.12 bits per heavy atom. The lowest BCUT2D eigenvalue weighted by Gasteiger charge is -2.28. The predicted molar refractivity (Wildman–Crippen MR) is 59.0 cm³/mol. The van der Waals surface area contributed by atoms with Gasteiger partial charge in [-0.3, -0.25) is 14.5 Å². The highest BCUT2D eigenvalue weighted by atomic mass is 16.3. The van der Waals surface area contributed by atoms with Gasteiger partial charge in [-0.1, -0.05) is 6.92 Å².